The molecule has 2 aromatic carbocycles. The number of aryl methyl sites for hydroxylation is 1. The standard InChI is InChI=1S/C19H22O2.C10H18O2/c1-3-14-6-7-16-13-17(9-8-15(16)12-14)18(20)21-19(2)10-4-5-11-19;1-8(2)9(11)12-10(3)6-4-5-7-10/h6-9,12-13H,3-5,10-11H2,1-2H3;8H,4-7H2,1-3H3. The molecule has 0 aliphatic heterocycles. The Morgan fingerprint density at radius 2 is 1.33 bits per heavy atom. The average molecular weight is 453 g/mol. The first-order valence-electron chi connectivity index (χ1n) is 12.6. The fraction of sp³-hybridized carbons (Fsp3) is 0.586. The van der Waals surface area contributed by atoms with Crippen molar-refractivity contribution in [1.29, 1.82) is 0 Å². The van der Waals surface area contributed by atoms with Gasteiger partial charge in [0, 0.05) is 0 Å². The Morgan fingerprint density at radius 3 is 1.88 bits per heavy atom. The van der Waals surface area contributed by atoms with Crippen LogP contribution in [0.25, 0.3) is 10.8 Å². The Labute approximate surface area is 199 Å². The SMILES string of the molecule is CC(C)C(=O)OC1(C)CCCC1.CCc1ccc2cc(C(=O)OC3(C)CCCC3)ccc2c1. The van der Waals surface area contributed by atoms with E-state index < -0.39 is 0 Å². The van der Waals surface area contributed by atoms with Gasteiger partial charge in [0.1, 0.15) is 11.2 Å². The third-order valence-corrected chi connectivity index (χ3v) is 7.03. The molecule has 2 aromatic rings. The Bertz CT molecular complexity index is 963. The molecule has 0 atom stereocenters. The van der Waals surface area contributed by atoms with Crippen LogP contribution in [0, 0.1) is 5.92 Å². The highest BCUT2D eigenvalue weighted by Gasteiger charge is 2.33. The summed E-state index contributed by atoms with van der Waals surface area (Å²) in [5.74, 6) is -0.248. The fourth-order valence-electron chi connectivity index (χ4n) is 4.74. The van der Waals surface area contributed by atoms with E-state index in [0.717, 1.165) is 50.3 Å². The molecule has 0 aromatic heterocycles. The van der Waals surface area contributed by atoms with Gasteiger partial charge in [0.05, 0.1) is 11.5 Å². The zero-order valence-corrected chi connectivity index (χ0v) is 21.0. The van der Waals surface area contributed by atoms with Crippen LogP contribution in [-0.4, -0.2) is 23.1 Å². The van der Waals surface area contributed by atoms with E-state index in [1.54, 1.807) is 0 Å². The van der Waals surface area contributed by atoms with Crippen LogP contribution < -0.4 is 0 Å². The van der Waals surface area contributed by atoms with E-state index in [9.17, 15) is 9.59 Å². The Kier molecular flexibility index (Phi) is 8.20. The molecule has 0 radical (unpaired) electrons. The highest BCUT2D eigenvalue weighted by atomic mass is 16.6. The highest BCUT2D eigenvalue weighted by Crippen LogP contribution is 2.34. The third kappa shape index (κ3) is 6.82. The molecule has 2 aliphatic rings. The zero-order valence-electron chi connectivity index (χ0n) is 21.0. The van der Waals surface area contributed by atoms with E-state index in [1.807, 2.05) is 45.9 Å². The van der Waals surface area contributed by atoms with E-state index in [0.29, 0.717) is 5.56 Å². The van der Waals surface area contributed by atoms with Crippen LogP contribution >= 0.6 is 0 Å². The van der Waals surface area contributed by atoms with Crippen molar-refractivity contribution in [1.82, 2.24) is 0 Å². The molecule has 0 bridgehead atoms. The van der Waals surface area contributed by atoms with Gasteiger partial charge in [-0.1, -0.05) is 45.0 Å². The summed E-state index contributed by atoms with van der Waals surface area (Å²) in [5, 5.41) is 2.27. The lowest BCUT2D eigenvalue weighted by Gasteiger charge is -2.25. The minimum atomic E-state index is -0.266. The number of carbonyl (C=O) groups is 2. The smallest absolute Gasteiger partial charge is 0.338 e. The van der Waals surface area contributed by atoms with E-state index >= 15 is 0 Å². The molecule has 33 heavy (non-hydrogen) atoms. The summed E-state index contributed by atoms with van der Waals surface area (Å²) < 4.78 is 11.2. The van der Waals surface area contributed by atoms with Gasteiger partial charge >= 0.3 is 11.9 Å². The molecule has 0 amide bonds. The largest absolute Gasteiger partial charge is 0.459 e. The number of hydrogen-bond acceptors (Lipinski definition) is 4. The molecule has 0 N–H and O–H groups in total. The normalized spacial score (nSPS) is 18.6. The topological polar surface area (TPSA) is 52.6 Å². The molecule has 4 nitrogen and oxygen atoms in total. The number of rotatable bonds is 5. The van der Waals surface area contributed by atoms with E-state index in [4.69, 9.17) is 9.47 Å². The summed E-state index contributed by atoms with van der Waals surface area (Å²) in [7, 11) is 0. The van der Waals surface area contributed by atoms with E-state index in [1.165, 1.54) is 23.8 Å². The van der Waals surface area contributed by atoms with Gasteiger partial charge < -0.3 is 9.47 Å². The maximum atomic E-state index is 12.4. The first kappa shape index (κ1) is 25.3. The quantitative estimate of drug-likeness (QED) is 0.443. The Morgan fingerprint density at radius 1 is 0.818 bits per heavy atom. The van der Waals surface area contributed by atoms with Crippen molar-refractivity contribution in [3.63, 3.8) is 0 Å². The van der Waals surface area contributed by atoms with Crippen molar-refractivity contribution in [2.75, 3.05) is 0 Å². The second-order valence-corrected chi connectivity index (χ2v) is 10.5. The molecule has 2 saturated carbocycles. The lowest BCUT2D eigenvalue weighted by atomic mass is 10.0. The van der Waals surface area contributed by atoms with Crippen LogP contribution in [0.3, 0.4) is 0 Å². The van der Waals surface area contributed by atoms with Crippen LogP contribution in [0.1, 0.15) is 102 Å². The monoisotopic (exact) mass is 452 g/mol. The summed E-state index contributed by atoms with van der Waals surface area (Å²) in [5.41, 5.74) is 1.55. The molecule has 4 heteroatoms. The minimum absolute atomic E-state index is 0.00225. The molecule has 0 spiro atoms. The van der Waals surface area contributed by atoms with Crippen LogP contribution in [0.2, 0.25) is 0 Å². The lowest BCUT2D eigenvalue weighted by Crippen LogP contribution is -2.30. The maximum absolute atomic E-state index is 12.4. The number of fused-ring (bicyclic) bond motifs is 1. The minimum Gasteiger partial charge on any atom is -0.459 e. The number of esters is 2. The Balaban J connectivity index is 0.000000218. The molecule has 4 rings (SSSR count). The van der Waals surface area contributed by atoms with Crippen LogP contribution in [0.15, 0.2) is 36.4 Å². The summed E-state index contributed by atoms with van der Waals surface area (Å²) >= 11 is 0. The molecular formula is C29H40O4. The Hall–Kier alpha value is -2.36. The van der Waals surface area contributed by atoms with Crippen molar-refractivity contribution >= 4 is 22.7 Å². The van der Waals surface area contributed by atoms with Crippen LogP contribution in [-0.2, 0) is 20.7 Å². The molecule has 180 valence electrons. The predicted molar refractivity (Wildman–Crippen MR) is 133 cm³/mol. The van der Waals surface area contributed by atoms with Crippen molar-refractivity contribution < 1.29 is 19.1 Å². The second kappa shape index (κ2) is 10.7. The van der Waals surface area contributed by atoms with Crippen LogP contribution in [0.4, 0.5) is 0 Å². The fourth-order valence-corrected chi connectivity index (χ4v) is 4.74. The summed E-state index contributed by atoms with van der Waals surface area (Å²) in [6.07, 6.45) is 9.75. The maximum Gasteiger partial charge on any atom is 0.338 e. The number of benzene rings is 2. The van der Waals surface area contributed by atoms with Crippen molar-refractivity contribution in [2.45, 2.75) is 104 Å². The first-order valence-corrected chi connectivity index (χ1v) is 12.6. The van der Waals surface area contributed by atoms with Gasteiger partial charge in [0.15, 0.2) is 0 Å². The molecule has 0 saturated heterocycles. The number of ether oxygens (including phenoxy) is 2. The van der Waals surface area contributed by atoms with Crippen LogP contribution in [0.5, 0.6) is 0 Å². The average Bonchev–Trinajstić information content (AvgIpc) is 3.41. The van der Waals surface area contributed by atoms with Gasteiger partial charge in [0.25, 0.3) is 0 Å². The van der Waals surface area contributed by atoms with Crippen molar-refractivity contribution in [3.8, 4) is 0 Å². The lowest BCUT2D eigenvalue weighted by molar-refractivity contribution is -0.161. The number of hydrogen-bond donors (Lipinski definition) is 0. The molecule has 0 heterocycles. The highest BCUT2D eigenvalue weighted by molar-refractivity contribution is 5.95. The number of carbonyl (C=O) groups excluding carboxylic acids is 2. The van der Waals surface area contributed by atoms with Gasteiger partial charge in [-0.15, -0.1) is 0 Å². The van der Waals surface area contributed by atoms with E-state index in [2.05, 4.69) is 25.1 Å². The first-order chi connectivity index (χ1) is 15.6. The summed E-state index contributed by atoms with van der Waals surface area (Å²) in [6, 6.07) is 12.2. The van der Waals surface area contributed by atoms with Gasteiger partial charge in [-0.2, -0.15) is 0 Å². The second-order valence-electron chi connectivity index (χ2n) is 10.5. The predicted octanol–water partition coefficient (Wildman–Crippen LogP) is 7.41. The van der Waals surface area contributed by atoms with Gasteiger partial charge in [-0.05, 0) is 100 Å². The van der Waals surface area contributed by atoms with Gasteiger partial charge in [0.2, 0.25) is 0 Å². The zero-order chi connectivity index (χ0) is 24.1. The third-order valence-electron chi connectivity index (χ3n) is 7.03. The van der Waals surface area contributed by atoms with Crippen molar-refractivity contribution in [2.24, 2.45) is 5.92 Å². The van der Waals surface area contributed by atoms with Crippen molar-refractivity contribution in [3.05, 3.63) is 47.5 Å². The van der Waals surface area contributed by atoms with E-state index in [-0.39, 0.29) is 29.1 Å². The molecular weight excluding hydrogens is 412 g/mol. The summed E-state index contributed by atoms with van der Waals surface area (Å²) in [6.45, 7) is 9.99. The molecule has 2 fully saturated rings. The van der Waals surface area contributed by atoms with Gasteiger partial charge in [-0.25, -0.2) is 4.79 Å². The summed E-state index contributed by atoms with van der Waals surface area (Å²) in [4.78, 5) is 23.6. The van der Waals surface area contributed by atoms with Gasteiger partial charge in [-0.3, -0.25) is 4.79 Å². The molecule has 0 unspecified atom stereocenters. The molecule has 2 aliphatic carbocycles.